The molecule has 23 heavy (non-hydrogen) atoms. The Morgan fingerprint density at radius 1 is 1.13 bits per heavy atom. The Kier molecular flexibility index (Phi) is 5.46. The predicted octanol–water partition coefficient (Wildman–Crippen LogP) is 4.50. The first-order valence-electron chi connectivity index (χ1n) is 6.92. The Hall–Kier alpha value is -2.69. The maximum atomic E-state index is 12.4. The zero-order valence-electron chi connectivity index (χ0n) is 12.8. The van der Waals surface area contributed by atoms with Crippen LogP contribution in [-0.2, 0) is 0 Å². The fourth-order valence-electron chi connectivity index (χ4n) is 2.10. The van der Waals surface area contributed by atoms with E-state index in [-0.39, 0.29) is 17.3 Å². The standard InChI is InChI=1S/C18H16F2O3/c1-12-5-3-4-6-14(12)15(21)9-7-13-8-10-16(22-2)17(11-13)23-18(19)20/h3-11,18H,1-2H3/b9-7+. The quantitative estimate of drug-likeness (QED) is 0.581. The van der Waals surface area contributed by atoms with Crippen molar-refractivity contribution in [1.82, 2.24) is 0 Å². The molecule has 0 aliphatic carbocycles. The number of methoxy groups -OCH3 is 1. The van der Waals surface area contributed by atoms with Gasteiger partial charge in [0.05, 0.1) is 7.11 Å². The molecule has 0 aliphatic heterocycles. The first-order chi connectivity index (χ1) is 11.0. The van der Waals surface area contributed by atoms with E-state index in [1.807, 2.05) is 19.1 Å². The van der Waals surface area contributed by atoms with Crippen LogP contribution in [0.2, 0.25) is 0 Å². The molecule has 0 saturated carbocycles. The van der Waals surface area contributed by atoms with Gasteiger partial charge in [0, 0.05) is 5.56 Å². The zero-order chi connectivity index (χ0) is 16.8. The number of hydrogen-bond donors (Lipinski definition) is 0. The third-order valence-corrected chi connectivity index (χ3v) is 3.24. The molecule has 2 aromatic rings. The van der Waals surface area contributed by atoms with Crippen LogP contribution in [0.3, 0.4) is 0 Å². The lowest BCUT2D eigenvalue weighted by atomic mass is 10.0. The molecule has 0 fully saturated rings. The van der Waals surface area contributed by atoms with Gasteiger partial charge in [0.1, 0.15) is 0 Å². The number of benzene rings is 2. The molecule has 0 amide bonds. The molecule has 0 spiro atoms. The molecule has 0 saturated heterocycles. The first kappa shape index (κ1) is 16.7. The average molecular weight is 318 g/mol. The molecular weight excluding hydrogens is 302 g/mol. The monoisotopic (exact) mass is 318 g/mol. The number of hydrogen-bond acceptors (Lipinski definition) is 3. The molecule has 2 rings (SSSR count). The zero-order valence-corrected chi connectivity index (χ0v) is 12.8. The van der Waals surface area contributed by atoms with Gasteiger partial charge in [0.15, 0.2) is 17.3 Å². The van der Waals surface area contributed by atoms with Gasteiger partial charge in [-0.2, -0.15) is 8.78 Å². The first-order valence-corrected chi connectivity index (χ1v) is 6.92. The second kappa shape index (κ2) is 7.54. The summed E-state index contributed by atoms with van der Waals surface area (Å²) in [6.45, 7) is -1.10. The number of aryl methyl sites for hydroxylation is 1. The van der Waals surface area contributed by atoms with Crippen molar-refractivity contribution in [3.63, 3.8) is 0 Å². The summed E-state index contributed by atoms with van der Waals surface area (Å²) in [4.78, 5) is 12.2. The van der Waals surface area contributed by atoms with Crippen LogP contribution in [0, 0.1) is 6.92 Å². The predicted molar refractivity (Wildman–Crippen MR) is 84.2 cm³/mol. The number of ether oxygens (including phenoxy) is 2. The summed E-state index contributed by atoms with van der Waals surface area (Å²) >= 11 is 0. The van der Waals surface area contributed by atoms with Crippen LogP contribution in [0.1, 0.15) is 21.5 Å². The molecule has 0 atom stereocenters. The molecule has 0 unspecified atom stereocenters. The Morgan fingerprint density at radius 3 is 2.52 bits per heavy atom. The average Bonchev–Trinajstić information content (AvgIpc) is 2.52. The van der Waals surface area contributed by atoms with Crippen molar-refractivity contribution in [3.05, 3.63) is 65.2 Å². The van der Waals surface area contributed by atoms with Gasteiger partial charge < -0.3 is 9.47 Å². The number of carbonyl (C=O) groups excluding carboxylic acids is 1. The minimum absolute atomic E-state index is 0.0759. The van der Waals surface area contributed by atoms with Gasteiger partial charge in [-0.05, 0) is 36.3 Å². The summed E-state index contributed by atoms with van der Waals surface area (Å²) in [6, 6.07) is 11.8. The van der Waals surface area contributed by atoms with Crippen LogP contribution in [0.4, 0.5) is 8.78 Å². The lowest BCUT2D eigenvalue weighted by Gasteiger charge is -2.10. The summed E-state index contributed by atoms with van der Waals surface area (Å²) in [5, 5.41) is 0. The number of alkyl halides is 2. The minimum Gasteiger partial charge on any atom is -0.493 e. The molecule has 0 aliphatic rings. The van der Waals surface area contributed by atoms with Gasteiger partial charge in [0.2, 0.25) is 0 Å². The third-order valence-electron chi connectivity index (χ3n) is 3.24. The second-order valence-corrected chi connectivity index (χ2v) is 4.80. The molecule has 0 heterocycles. The Morgan fingerprint density at radius 2 is 1.87 bits per heavy atom. The lowest BCUT2D eigenvalue weighted by molar-refractivity contribution is -0.0512. The van der Waals surface area contributed by atoms with E-state index < -0.39 is 6.61 Å². The minimum atomic E-state index is -2.95. The number of rotatable bonds is 6. The number of ketones is 1. The van der Waals surface area contributed by atoms with Gasteiger partial charge in [-0.3, -0.25) is 4.79 Å². The van der Waals surface area contributed by atoms with E-state index in [1.165, 1.54) is 25.3 Å². The van der Waals surface area contributed by atoms with Crippen molar-refractivity contribution >= 4 is 11.9 Å². The highest BCUT2D eigenvalue weighted by atomic mass is 19.3. The Balaban J connectivity index is 2.22. The van der Waals surface area contributed by atoms with E-state index in [0.29, 0.717) is 11.1 Å². The Labute approximate surface area is 133 Å². The molecule has 2 aromatic carbocycles. The normalized spacial score (nSPS) is 11.0. The number of carbonyl (C=O) groups is 1. The summed E-state index contributed by atoms with van der Waals surface area (Å²) in [7, 11) is 1.37. The highest BCUT2D eigenvalue weighted by molar-refractivity contribution is 6.07. The Bertz CT molecular complexity index is 724. The van der Waals surface area contributed by atoms with Crippen LogP contribution in [0.5, 0.6) is 11.5 Å². The topological polar surface area (TPSA) is 35.5 Å². The van der Waals surface area contributed by atoms with E-state index >= 15 is 0 Å². The molecule has 0 radical (unpaired) electrons. The lowest BCUT2D eigenvalue weighted by Crippen LogP contribution is -2.03. The van der Waals surface area contributed by atoms with Gasteiger partial charge in [-0.15, -0.1) is 0 Å². The van der Waals surface area contributed by atoms with Crippen LogP contribution in [0.25, 0.3) is 6.08 Å². The van der Waals surface area contributed by atoms with Crippen LogP contribution in [-0.4, -0.2) is 19.5 Å². The fourth-order valence-corrected chi connectivity index (χ4v) is 2.10. The van der Waals surface area contributed by atoms with E-state index in [9.17, 15) is 13.6 Å². The maximum absolute atomic E-state index is 12.4. The summed E-state index contributed by atoms with van der Waals surface area (Å²) in [5.41, 5.74) is 2.03. The van der Waals surface area contributed by atoms with Gasteiger partial charge >= 0.3 is 6.61 Å². The van der Waals surface area contributed by atoms with Crippen LogP contribution >= 0.6 is 0 Å². The SMILES string of the molecule is COc1ccc(/C=C/C(=O)c2ccccc2C)cc1OC(F)F. The second-order valence-electron chi connectivity index (χ2n) is 4.80. The van der Waals surface area contributed by atoms with Crippen molar-refractivity contribution in [2.24, 2.45) is 0 Å². The van der Waals surface area contributed by atoms with Crippen molar-refractivity contribution in [3.8, 4) is 11.5 Å². The molecule has 0 bridgehead atoms. The smallest absolute Gasteiger partial charge is 0.387 e. The van der Waals surface area contributed by atoms with Crippen LogP contribution in [0.15, 0.2) is 48.5 Å². The highest BCUT2D eigenvalue weighted by Gasteiger charge is 2.11. The number of halogens is 2. The third kappa shape index (κ3) is 4.39. The summed E-state index contributed by atoms with van der Waals surface area (Å²) in [6.07, 6.45) is 2.95. The molecule has 0 N–H and O–H groups in total. The van der Waals surface area contributed by atoms with E-state index in [0.717, 1.165) is 5.56 Å². The summed E-state index contributed by atoms with van der Waals surface area (Å²) in [5.74, 6) is -0.0316. The largest absolute Gasteiger partial charge is 0.493 e. The van der Waals surface area contributed by atoms with E-state index in [2.05, 4.69) is 4.74 Å². The van der Waals surface area contributed by atoms with Crippen molar-refractivity contribution in [1.29, 1.82) is 0 Å². The highest BCUT2D eigenvalue weighted by Crippen LogP contribution is 2.30. The van der Waals surface area contributed by atoms with Gasteiger partial charge in [-0.25, -0.2) is 0 Å². The van der Waals surface area contributed by atoms with Crippen molar-refractivity contribution in [2.75, 3.05) is 7.11 Å². The van der Waals surface area contributed by atoms with Crippen LogP contribution < -0.4 is 9.47 Å². The summed E-state index contributed by atoms with van der Waals surface area (Å²) < 4.78 is 34.2. The van der Waals surface area contributed by atoms with Crippen molar-refractivity contribution in [2.45, 2.75) is 13.5 Å². The van der Waals surface area contributed by atoms with Gasteiger partial charge in [-0.1, -0.05) is 36.4 Å². The molecular formula is C18H16F2O3. The fraction of sp³-hybridized carbons (Fsp3) is 0.167. The molecule has 3 nitrogen and oxygen atoms in total. The van der Waals surface area contributed by atoms with Crippen molar-refractivity contribution < 1.29 is 23.0 Å². The molecule has 5 heteroatoms. The van der Waals surface area contributed by atoms with Gasteiger partial charge in [0.25, 0.3) is 0 Å². The number of allylic oxidation sites excluding steroid dienone is 1. The van der Waals surface area contributed by atoms with E-state index in [1.54, 1.807) is 24.3 Å². The molecule has 0 aromatic heterocycles. The molecule has 120 valence electrons. The maximum Gasteiger partial charge on any atom is 0.387 e. The van der Waals surface area contributed by atoms with E-state index in [4.69, 9.17) is 4.74 Å².